The number of hydrogen-bond donors (Lipinski definition) is 1. The predicted octanol–water partition coefficient (Wildman–Crippen LogP) is 3.30. The minimum Gasteiger partial charge on any atom is -0.482 e. The summed E-state index contributed by atoms with van der Waals surface area (Å²) in [5, 5.41) is 2.75. The summed E-state index contributed by atoms with van der Waals surface area (Å²) in [5.41, 5.74) is 1.83. The Labute approximate surface area is 154 Å². The second-order valence-electron chi connectivity index (χ2n) is 5.82. The average molecular weight is 404 g/mol. The van der Waals surface area contributed by atoms with Crippen LogP contribution in [0.25, 0.3) is 0 Å². The van der Waals surface area contributed by atoms with E-state index in [-0.39, 0.29) is 18.4 Å². The van der Waals surface area contributed by atoms with Crippen LogP contribution in [0.15, 0.2) is 41.0 Å². The SMILES string of the molecule is Cc1ccc2c(c1)N(CCCC(=O)Nc1ccc(Br)cn1)C(=O)CO2. The van der Waals surface area contributed by atoms with E-state index in [1.54, 1.807) is 17.2 Å². The molecule has 3 rings (SSSR count). The molecule has 6 nitrogen and oxygen atoms in total. The number of aryl methyl sites for hydroxylation is 1. The van der Waals surface area contributed by atoms with Crippen LogP contribution in [-0.2, 0) is 9.59 Å². The van der Waals surface area contributed by atoms with Crippen molar-refractivity contribution in [3.8, 4) is 5.75 Å². The molecule has 1 aromatic carbocycles. The minimum absolute atomic E-state index is 0.0328. The monoisotopic (exact) mass is 403 g/mol. The number of anilines is 2. The van der Waals surface area contributed by atoms with Gasteiger partial charge in [0, 0.05) is 23.6 Å². The first kappa shape index (κ1) is 17.4. The molecule has 25 heavy (non-hydrogen) atoms. The number of pyridine rings is 1. The summed E-state index contributed by atoms with van der Waals surface area (Å²) < 4.78 is 6.31. The highest BCUT2D eigenvalue weighted by Gasteiger charge is 2.25. The van der Waals surface area contributed by atoms with Crippen LogP contribution in [0.2, 0.25) is 0 Å². The van der Waals surface area contributed by atoms with E-state index >= 15 is 0 Å². The molecule has 2 aromatic rings. The van der Waals surface area contributed by atoms with E-state index in [1.165, 1.54) is 0 Å². The molecule has 0 saturated carbocycles. The van der Waals surface area contributed by atoms with Crippen molar-refractivity contribution in [1.29, 1.82) is 0 Å². The van der Waals surface area contributed by atoms with Crippen molar-refractivity contribution >= 4 is 39.2 Å². The van der Waals surface area contributed by atoms with Crippen molar-refractivity contribution in [3.63, 3.8) is 0 Å². The third kappa shape index (κ3) is 4.36. The summed E-state index contributed by atoms with van der Waals surface area (Å²) >= 11 is 3.30. The molecule has 130 valence electrons. The Morgan fingerprint density at radius 1 is 1.36 bits per heavy atom. The van der Waals surface area contributed by atoms with Gasteiger partial charge in [-0.05, 0) is 59.1 Å². The van der Waals surface area contributed by atoms with E-state index in [2.05, 4.69) is 26.2 Å². The van der Waals surface area contributed by atoms with Gasteiger partial charge < -0.3 is 15.0 Å². The largest absolute Gasteiger partial charge is 0.482 e. The molecule has 0 radical (unpaired) electrons. The smallest absolute Gasteiger partial charge is 0.265 e. The van der Waals surface area contributed by atoms with Crippen LogP contribution in [0.1, 0.15) is 18.4 Å². The molecule has 1 N–H and O–H groups in total. The molecule has 0 spiro atoms. The zero-order valence-electron chi connectivity index (χ0n) is 13.8. The van der Waals surface area contributed by atoms with E-state index in [0.29, 0.717) is 31.0 Å². The topological polar surface area (TPSA) is 71.5 Å². The molecule has 1 aliphatic heterocycles. The fourth-order valence-corrected chi connectivity index (χ4v) is 2.84. The minimum atomic E-state index is -0.125. The van der Waals surface area contributed by atoms with Crippen molar-refractivity contribution in [2.75, 3.05) is 23.4 Å². The van der Waals surface area contributed by atoms with Gasteiger partial charge in [-0.2, -0.15) is 0 Å². The molecule has 2 heterocycles. The van der Waals surface area contributed by atoms with Crippen LogP contribution in [0.4, 0.5) is 11.5 Å². The van der Waals surface area contributed by atoms with Crippen LogP contribution < -0.4 is 15.0 Å². The van der Waals surface area contributed by atoms with Gasteiger partial charge in [0.2, 0.25) is 5.91 Å². The van der Waals surface area contributed by atoms with E-state index in [1.807, 2.05) is 31.2 Å². The van der Waals surface area contributed by atoms with Gasteiger partial charge in [-0.1, -0.05) is 6.07 Å². The summed E-state index contributed by atoms with van der Waals surface area (Å²) in [6, 6.07) is 9.29. The van der Waals surface area contributed by atoms with Gasteiger partial charge in [-0.3, -0.25) is 9.59 Å². The summed E-state index contributed by atoms with van der Waals surface area (Å²) in [4.78, 5) is 30.0. The molecular formula is C18H18BrN3O3. The third-order valence-corrected chi connectivity index (χ3v) is 4.31. The Bertz CT molecular complexity index is 793. The lowest BCUT2D eigenvalue weighted by Crippen LogP contribution is -2.39. The molecular weight excluding hydrogens is 386 g/mol. The number of ether oxygens (including phenoxy) is 1. The standard InChI is InChI=1S/C18H18BrN3O3/c1-12-4-6-15-14(9-12)22(18(24)11-25-15)8-2-3-17(23)21-16-7-5-13(19)10-20-16/h4-7,9-10H,2-3,8,11H2,1H3,(H,20,21,23). The molecule has 1 aromatic heterocycles. The fraction of sp³-hybridized carbons (Fsp3) is 0.278. The summed E-state index contributed by atoms with van der Waals surface area (Å²) in [5.74, 6) is 0.999. The first-order valence-electron chi connectivity index (χ1n) is 7.98. The highest BCUT2D eigenvalue weighted by Crippen LogP contribution is 2.32. The zero-order valence-corrected chi connectivity index (χ0v) is 15.4. The summed E-state index contributed by atoms with van der Waals surface area (Å²) in [6.07, 6.45) is 2.49. The van der Waals surface area contributed by atoms with Crippen LogP contribution in [0, 0.1) is 6.92 Å². The van der Waals surface area contributed by atoms with E-state index in [9.17, 15) is 9.59 Å². The number of nitrogens with one attached hydrogen (secondary N) is 1. The third-order valence-electron chi connectivity index (χ3n) is 3.84. The normalized spacial score (nSPS) is 13.2. The van der Waals surface area contributed by atoms with Crippen molar-refractivity contribution in [2.24, 2.45) is 0 Å². The lowest BCUT2D eigenvalue weighted by atomic mass is 10.1. The first-order valence-corrected chi connectivity index (χ1v) is 8.77. The molecule has 0 fully saturated rings. The Kier molecular flexibility index (Phi) is 5.33. The zero-order chi connectivity index (χ0) is 17.8. The number of aromatic nitrogens is 1. The maximum Gasteiger partial charge on any atom is 0.265 e. The number of rotatable bonds is 5. The number of carbonyl (C=O) groups is 2. The molecule has 1 aliphatic rings. The van der Waals surface area contributed by atoms with Crippen LogP contribution in [0.3, 0.4) is 0 Å². The molecule has 7 heteroatoms. The van der Waals surface area contributed by atoms with Gasteiger partial charge in [0.1, 0.15) is 11.6 Å². The van der Waals surface area contributed by atoms with Crippen molar-refractivity contribution in [1.82, 2.24) is 4.98 Å². The molecule has 2 amide bonds. The maximum absolute atomic E-state index is 12.2. The molecule has 0 atom stereocenters. The Morgan fingerprint density at radius 2 is 2.20 bits per heavy atom. The van der Waals surface area contributed by atoms with Crippen LogP contribution >= 0.6 is 15.9 Å². The van der Waals surface area contributed by atoms with Crippen LogP contribution in [0.5, 0.6) is 5.75 Å². The number of nitrogens with zero attached hydrogens (tertiary/aromatic N) is 2. The lowest BCUT2D eigenvalue weighted by molar-refractivity contribution is -0.121. The number of halogens is 1. The van der Waals surface area contributed by atoms with Crippen molar-refractivity contribution in [2.45, 2.75) is 19.8 Å². The number of fused-ring (bicyclic) bond motifs is 1. The van der Waals surface area contributed by atoms with E-state index in [0.717, 1.165) is 15.7 Å². The fourth-order valence-electron chi connectivity index (χ4n) is 2.61. The summed E-state index contributed by atoms with van der Waals surface area (Å²) in [7, 11) is 0. The van der Waals surface area contributed by atoms with Gasteiger partial charge in [0.05, 0.1) is 5.69 Å². The first-order chi connectivity index (χ1) is 12.0. The average Bonchev–Trinajstić information content (AvgIpc) is 2.59. The van der Waals surface area contributed by atoms with Crippen LogP contribution in [-0.4, -0.2) is 29.9 Å². The second-order valence-corrected chi connectivity index (χ2v) is 6.73. The van der Waals surface area contributed by atoms with Gasteiger partial charge in [0.25, 0.3) is 5.91 Å². The quantitative estimate of drug-likeness (QED) is 0.830. The Hall–Kier alpha value is -2.41. The highest BCUT2D eigenvalue weighted by atomic mass is 79.9. The van der Waals surface area contributed by atoms with Crippen molar-refractivity contribution < 1.29 is 14.3 Å². The van der Waals surface area contributed by atoms with Crippen molar-refractivity contribution in [3.05, 3.63) is 46.6 Å². The molecule has 0 saturated heterocycles. The second kappa shape index (κ2) is 7.65. The molecule has 0 bridgehead atoms. The van der Waals surface area contributed by atoms with E-state index in [4.69, 9.17) is 4.74 Å². The number of benzene rings is 1. The van der Waals surface area contributed by atoms with Gasteiger partial charge >= 0.3 is 0 Å². The molecule has 0 aliphatic carbocycles. The Morgan fingerprint density at radius 3 is 2.96 bits per heavy atom. The van der Waals surface area contributed by atoms with Gasteiger partial charge in [-0.15, -0.1) is 0 Å². The van der Waals surface area contributed by atoms with E-state index < -0.39 is 0 Å². The lowest BCUT2D eigenvalue weighted by Gasteiger charge is -2.29. The Balaban J connectivity index is 1.56. The number of amides is 2. The summed E-state index contributed by atoms with van der Waals surface area (Å²) in [6.45, 7) is 2.47. The van der Waals surface area contributed by atoms with Gasteiger partial charge in [0.15, 0.2) is 6.61 Å². The molecule has 0 unspecified atom stereocenters. The number of carbonyl (C=O) groups excluding carboxylic acids is 2. The highest BCUT2D eigenvalue weighted by molar-refractivity contribution is 9.10. The maximum atomic E-state index is 12.2. The predicted molar refractivity (Wildman–Crippen MR) is 98.8 cm³/mol. The van der Waals surface area contributed by atoms with Gasteiger partial charge in [-0.25, -0.2) is 4.98 Å². The number of hydrogen-bond acceptors (Lipinski definition) is 4.